The Kier molecular flexibility index (Phi) is 7.50. The lowest BCUT2D eigenvalue weighted by Crippen LogP contribution is -2.44. The van der Waals surface area contributed by atoms with Crippen molar-refractivity contribution in [3.05, 3.63) is 42.7 Å². The van der Waals surface area contributed by atoms with Crippen LogP contribution in [0.5, 0.6) is 5.75 Å². The van der Waals surface area contributed by atoms with Gasteiger partial charge in [0.2, 0.25) is 11.9 Å². The van der Waals surface area contributed by atoms with E-state index in [1.807, 2.05) is 46.0 Å². The Balaban J connectivity index is 0.958. The number of nitrogens with one attached hydrogen (secondary N) is 1. The molecule has 2 atom stereocenters. The summed E-state index contributed by atoms with van der Waals surface area (Å²) >= 11 is 0. The topological polar surface area (TPSA) is 144 Å². The van der Waals surface area contributed by atoms with E-state index in [2.05, 4.69) is 10.3 Å². The summed E-state index contributed by atoms with van der Waals surface area (Å²) in [5, 5.41) is 13.7. The largest absolute Gasteiger partial charge is 0.493 e. The van der Waals surface area contributed by atoms with Crippen LogP contribution in [0.3, 0.4) is 0 Å². The molecule has 2 saturated heterocycles. The minimum atomic E-state index is -2.94. The number of carbonyl (C=O) groups excluding carboxylic acids is 1. The zero-order valence-electron chi connectivity index (χ0n) is 24.7. The molecular weight excluding hydrogens is 582 g/mol. The minimum absolute atomic E-state index is 0.0253. The molecule has 2 saturated carbocycles. The van der Waals surface area contributed by atoms with Crippen molar-refractivity contribution in [2.75, 3.05) is 36.5 Å². The maximum absolute atomic E-state index is 13.1. The van der Waals surface area contributed by atoms with Crippen molar-refractivity contribution in [1.29, 1.82) is 0 Å². The molecule has 44 heavy (non-hydrogen) atoms. The lowest BCUT2D eigenvalue weighted by Gasteiger charge is -2.35. The Morgan fingerprint density at radius 1 is 1.05 bits per heavy atom. The predicted octanol–water partition coefficient (Wildman–Crippen LogP) is 3.92. The normalized spacial score (nSPS) is 28.3. The number of anilines is 1. The van der Waals surface area contributed by atoms with Crippen molar-refractivity contribution in [3.8, 4) is 11.6 Å². The molecule has 3 aromatic rings. The van der Waals surface area contributed by atoms with Crippen molar-refractivity contribution < 1.29 is 27.9 Å². The Morgan fingerprint density at radius 3 is 2.57 bits per heavy atom. The summed E-state index contributed by atoms with van der Waals surface area (Å²) in [5.41, 5.74) is 1.13. The molecule has 12 heteroatoms. The average molecular weight is 622 g/mol. The summed E-state index contributed by atoms with van der Waals surface area (Å²) in [6, 6.07) is 10.0. The number of carbonyl (C=O) groups is 2. The number of rotatable bonds is 8. The van der Waals surface area contributed by atoms with Crippen LogP contribution >= 0.6 is 0 Å². The van der Waals surface area contributed by atoms with E-state index in [9.17, 15) is 23.1 Å². The van der Waals surface area contributed by atoms with Crippen LogP contribution in [-0.4, -0.2) is 82.1 Å². The molecule has 1 aromatic carbocycles. The Bertz CT molecular complexity index is 1670. The van der Waals surface area contributed by atoms with Crippen molar-refractivity contribution in [2.24, 2.45) is 23.2 Å². The van der Waals surface area contributed by atoms with E-state index >= 15 is 0 Å². The lowest BCUT2D eigenvalue weighted by atomic mass is 9.78. The fraction of sp³-hybridized carbons (Fsp3) is 0.562. The van der Waals surface area contributed by atoms with E-state index in [1.54, 1.807) is 6.20 Å². The summed E-state index contributed by atoms with van der Waals surface area (Å²) in [4.78, 5) is 35.6. The summed E-state index contributed by atoms with van der Waals surface area (Å²) in [6.45, 7) is 1.48. The molecule has 0 radical (unpaired) electrons. The summed E-state index contributed by atoms with van der Waals surface area (Å²) in [5.74, 6) is 1.67. The van der Waals surface area contributed by atoms with Gasteiger partial charge in [-0.05, 0) is 81.0 Å². The van der Waals surface area contributed by atoms with E-state index in [-0.39, 0.29) is 46.6 Å². The molecule has 7 rings (SSSR count). The number of nitrogens with zero attached hydrogens (tertiary/aromatic N) is 4. The number of piperidine rings is 1. The highest BCUT2D eigenvalue weighted by atomic mass is 32.2. The monoisotopic (exact) mass is 621 g/mol. The number of hydrogen-bond acceptors (Lipinski definition) is 8. The predicted molar refractivity (Wildman–Crippen MR) is 164 cm³/mol. The fourth-order valence-electron chi connectivity index (χ4n) is 7.53. The van der Waals surface area contributed by atoms with Gasteiger partial charge in [-0.1, -0.05) is 6.07 Å². The van der Waals surface area contributed by atoms with Crippen molar-refractivity contribution in [1.82, 2.24) is 19.4 Å². The Labute approximate surface area is 256 Å². The number of likely N-dealkylation sites (tertiary alicyclic amines) is 1. The number of carboxylic acids is 1. The van der Waals surface area contributed by atoms with Crippen LogP contribution in [-0.2, 0) is 19.4 Å². The number of amides is 1. The van der Waals surface area contributed by atoms with Gasteiger partial charge in [0.15, 0.2) is 9.84 Å². The Morgan fingerprint density at radius 2 is 1.84 bits per heavy atom. The first kappa shape index (κ1) is 29.1. The second kappa shape index (κ2) is 11.4. The number of aromatic nitrogens is 3. The third kappa shape index (κ3) is 5.76. The van der Waals surface area contributed by atoms with Gasteiger partial charge >= 0.3 is 5.97 Å². The molecular formula is C32H39N5O6S. The fourth-order valence-corrected chi connectivity index (χ4v) is 9.37. The molecule has 11 nitrogen and oxygen atoms in total. The SMILES string of the molecule is O=C(O)C1CCN(C(=O)C2CCC3(CC2)C[C@@H]3Nc2nccc(-n3ccc4c(OCC5CCS(=O)(=O)C5)cccc43)n2)CC1. The molecule has 2 aliphatic carbocycles. The molecule has 0 bridgehead atoms. The molecule has 4 heterocycles. The van der Waals surface area contributed by atoms with Gasteiger partial charge in [0.05, 0.1) is 29.5 Å². The van der Waals surface area contributed by atoms with Gasteiger partial charge in [0.25, 0.3) is 0 Å². The second-order valence-corrected chi connectivity index (χ2v) is 15.4. The number of benzene rings is 1. The molecule has 2 aliphatic heterocycles. The third-order valence-corrected chi connectivity index (χ3v) is 12.2. The van der Waals surface area contributed by atoms with Gasteiger partial charge in [-0.25, -0.2) is 13.4 Å². The van der Waals surface area contributed by atoms with Crippen LogP contribution in [0.1, 0.15) is 51.4 Å². The minimum Gasteiger partial charge on any atom is -0.493 e. The van der Waals surface area contributed by atoms with E-state index in [4.69, 9.17) is 9.72 Å². The van der Waals surface area contributed by atoms with E-state index in [0.717, 1.165) is 54.6 Å². The highest BCUT2D eigenvalue weighted by Crippen LogP contribution is 2.58. The van der Waals surface area contributed by atoms with Gasteiger partial charge in [0.1, 0.15) is 11.6 Å². The maximum atomic E-state index is 13.1. The van der Waals surface area contributed by atoms with Gasteiger partial charge in [0, 0.05) is 48.7 Å². The molecule has 4 fully saturated rings. The van der Waals surface area contributed by atoms with Crippen LogP contribution in [0.25, 0.3) is 16.7 Å². The number of aliphatic carboxylic acids is 1. The molecule has 1 amide bonds. The quantitative estimate of drug-likeness (QED) is 0.383. The van der Waals surface area contributed by atoms with Gasteiger partial charge < -0.3 is 24.6 Å². The van der Waals surface area contributed by atoms with Crippen LogP contribution in [0.15, 0.2) is 42.7 Å². The first-order valence-electron chi connectivity index (χ1n) is 15.7. The first-order chi connectivity index (χ1) is 21.2. The van der Waals surface area contributed by atoms with E-state index in [1.165, 1.54) is 0 Å². The van der Waals surface area contributed by atoms with Crippen molar-refractivity contribution >= 4 is 38.6 Å². The second-order valence-electron chi connectivity index (χ2n) is 13.2. The summed E-state index contributed by atoms with van der Waals surface area (Å²) in [7, 11) is -2.94. The summed E-state index contributed by atoms with van der Waals surface area (Å²) in [6.07, 6.45) is 10.2. The number of carboxylic acid groups (broad SMARTS) is 1. The van der Waals surface area contributed by atoms with Crippen molar-refractivity contribution in [3.63, 3.8) is 0 Å². The number of sulfone groups is 1. The van der Waals surface area contributed by atoms with Crippen LogP contribution in [0.2, 0.25) is 0 Å². The standard InChI is InChI=1S/C32H39N5O6S/c38-29(36-14-7-23(8-15-36)30(39)40)22-4-11-32(12-5-22)18-27(32)34-31-33-13-6-28(35-31)37-16-9-24-25(37)2-1-3-26(24)43-19-21-10-17-44(41,42)20-21/h1-3,6,9,13,16,21-23,27H,4-5,7-8,10-12,14-15,17-20H2,(H,39,40)(H,33,34,35)/t21?,22?,27-,32?/m0/s1. The zero-order valence-corrected chi connectivity index (χ0v) is 25.5. The Hall–Kier alpha value is -3.67. The number of hydrogen-bond donors (Lipinski definition) is 2. The summed E-state index contributed by atoms with van der Waals surface area (Å²) < 4.78 is 31.8. The average Bonchev–Trinajstić information content (AvgIpc) is 3.32. The van der Waals surface area contributed by atoms with E-state index in [0.29, 0.717) is 44.9 Å². The van der Waals surface area contributed by atoms with Crippen molar-refractivity contribution in [2.45, 2.75) is 57.4 Å². The zero-order chi connectivity index (χ0) is 30.5. The highest BCUT2D eigenvalue weighted by Gasteiger charge is 2.56. The molecule has 234 valence electrons. The van der Waals surface area contributed by atoms with Crippen LogP contribution in [0, 0.1) is 23.2 Å². The molecule has 1 unspecified atom stereocenters. The number of fused-ring (bicyclic) bond motifs is 1. The highest BCUT2D eigenvalue weighted by molar-refractivity contribution is 7.91. The molecule has 2 N–H and O–H groups in total. The third-order valence-electron chi connectivity index (χ3n) is 10.4. The van der Waals surface area contributed by atoms with Gasteiger partial charge in [-0.3, -0.25) is 9.59 Å². The van der Waals surface area contributed by atoms with E-state index < -0.39 is 15.8 Å². The molecule has 2 aromatic heterocycles. The lowest BCUT2D eigenvalue weighted by molar-refractivity contribution is -0.147. The number of ether oxygens (including phenoxy) is 1. The van der Waals surface area contributed by atoms with Gasteiger partial charge in [-0.15, -0.1) is 0 Å². The molecule has 4 aliphatic rings. The maximum Gasteiger partial charge on any atom is 0.306 e. The first-order valence-corrected chi connectivity index (χ1v) is 17.6. The van der Waals surface area contributed by atoms with Crippen LogP contribution in [0.4, 0.5) is 5.95 Å². The smallest absolute Gasteiger partial charge is 0.306 e. The molecule has 1 spiro atoms. The van der Waals surface area contributed by atoms with Gasteiger partial charge in [-0.2, -0.15) is 4.98 Å². The van der Waals surface area contributed by atoms with Crippen LogP contribution < -0.4 is 10.1 Å².